The monoisotopic (exact) mass is 482 g/mol. The molecule has 0 radical (unpaired) electrons. The van der Waals surface area contributed by atoms with E-state index in [9.17, 15) is 0 Å². The van der Waals surface area contributed by atoms with Crippen LogP contribution in [0.1, 0.15) is 27.2 Å². The van der Waals surface area contributed by atoms with E-state index in [0.29, 0.717) is 57.9 Å². The van der Waals surface area contributed by atoms with Gasteiger partial charge in [0, 0.05) is 45.5 Å². The van der Waals surface area contributed by atoms with Gasteiger partial charge in [0.25, 0.3) is 0 Å². The van der Waals surface area contributed by atoms with Crippen LogP contribution in [0.2, 0.25) is 6.04 Å². The molecule has 15 nitrogen and oxygen atoms in total. The number of aromatic nitrogens is 6. The van der Waals surface area contributed by atoms with E-state index in [2.05, 4.69) is 35.2 Å². The van der Waals surface area contributed by atoms with Crippen molar-refractivity contribution in [2.45, 2.75) is 33.2 Å². The van der Waals surface area contributed by atoms with E-state index < -0.39 is 8.80 Å². The van der Waals surface area contributed by atoms with Crippen molar-refractivity contribution in [3.05, 3.63) is 0 Å². The molecule has 0 saturated heterocycles. The van der Waals surface area contributed by atoms with E-state index in [1.807, 2.05) is 25.7 Å². The molecule has 0 aliphatic carbocycles. The molecule has 2 heterocycles. The van der Waals surface area contributed by atoms with Crippen LogP contribution < -0.4 is 33.2 Å². The summed E-state index contributed by atoms with van der Waals surface area (Å²) in [5.41, 5.74) is 22.8. The second kappa shape index (κ2) is 12.8. The van der Waals surface area contributed by atoms with E-state index in [-0.39, 0.29) is 29.7 Å². The van der Waals surface area contributed by atoms with Crippen LogP contribution in [-0.2, 0) is 13.3 Å². The van der Waals surface area contributed by atoms with E-state index in [1.54, 1.807) is 0 Å². The Hall–Kier alpha value is -3.08. The Morgan fingerprint density at radius 3 is 1.70 bits per heavy atom. The van der Waals surface area contributed by atoms with Gasteiger partial charge in [-0.05, 0) is 27.2 Å². The van der Waals surface area contributed by atoms with Gasteiger partial charge in [-0.1, -0.05) is 0 Å². The molecule has 0 aliphatic rings. The zero-order valence-electron chi connectivity index (χ0n) is 19.3. The van der Waals surface area contributed by atoms with Gasteiger partial charge in [-0.15, -0.1) is 0 Å². The van der Waals surface area contributed by atoms with Crippen molar-refractivity contribution in [3.63, 3.8) is 0 Å². The number of rotatable bonds is 15. The summed E-state index contributed by atoms with van der Waals surface area (Å²) in [6.07, 6.45) is 0.698. The van der Waals surface area contributed by atoms with Crippen molar-refractivity contribution in [2.24, 2.45) is 0 Å². The Bertz CT molecular complexity index is 820. The van der Waals surface area contributed by atoms with Crippen LogP contribution in [0.4, 0.5) is 35.7 Å². The summed E-state index contributed by atoms with van der Waals surface area (Å²) in [5.74, 6) is 0.760. The third-order valence-electron chi connectivity index (χ3n) is 4.28. The average molecular weight is 483 g/mol. The molecular formula is C17H34N12O3Si. The highest BCUT2D eigenvalue weighted by Gasteiger charge is 2.39. The number of anilines is 6. The lowest BCUT2D eigenvalue weighted by atomic mass is 10.4. The fourth-order valence-electron chi connectivity index (χ4n) is 3.13. The summed E-state index contributed by atoms with van der Waals surface area (Å²) in [7, 11) is -2.78. The van der Waals surface area contributed by atoms with Gasteiger partial charge in [0.1, 0.15) is 0 Å². The summed E-state index contributed by atoms with van der Waals surface area (Å²) in [6.45, 7) is 8.78. The highest BCUT2D eigenvalue weighted by Crippen LogP contribution is 2.20. The van der Waals surface area contributed by atoms with Crippen molar-refractivity contribution in [2.75, 3.05) is 72.6 Å². The van der Waals surface area contributed by atoms with Gasteiger partial charge in [0.05, 0.1) is 0 Å². The van der Waals surface area contributed by atoms with Crippen LogP contribution >= 0.6 is 0 Å². The minimum absolute atomic E-state index is 0.0314. The fourth-order valence-corrected chi connectivity index (χ4v) is 5.72. The molecule has 9 N–H and O–H groups in total. The van der Waals surface area contributed by atoms with Gasteiger partial charge < -0.3 is 46.4 Å². The third kappa shape index (κ3) is 8.41. The zero-order valence-corrected chi connectivity index (χ0v) is 20.3. The Kier molecular flexibility index (Phi) is 10.2. The standard InChI is InChI=1S/C17H34N12O3Si/c1-4-30-33(31-5-2,32-6-3)11-7-9-29(17-27-14(20)24-15(21)28-17)10-8-22-16-25-12(18)23-13(19)26-16/h4-11H2,1-3H3,(H4,20,21,24,27,28)(H5,18,19,22,23,25,26). The zero-order chi connectivity index (χ0) is 24.3. The molecule has 0 spiro atoms. The minimum atomic E-state index is -2.78. The quantitative estimate of drug-likeness (QED) is 0.206. The number of nitrogens with one attached hydrogen (secondary N) is 1. The van der Waals surface area contributed by atoms with Gasteiger partial charge >= 0.3 is 8.80 Å². The fraction of sp³-hybridized carbons (Fsp3) is 0.647. The van der Waals surface area contributed by atoms with Crippen LogP contribution in [-0.4, -0.2) is 78.2 Å². The SMILES string of the molecule is CCO[Si](CCCN(CCNc1nc(N)nc(N)n1)c1nc(N)nc(N)n1)(OCC)OCC. The lowest BCUT2D eigenvalue weighted by molar-refractivity contribution is 0.0709. The van der Waals surface area contributed by atoms with E-state index in [0.717, 1.165) is 0 Å². The maximum atomic E-state index is 5.93. The van der Waals surface area contributed by atoms with Crippen LogP contribution in [0.3, 0.4) is 0 Å². The normalized spacial score (nSPS) is 11.5. The van der Waals surface area contributed by atoms with Crippen LogP contribution in [0, 0.1) is 0 Å². The molecule has 0 amide bonds. The first kappa shape index (κ1) is 26.2. The molecule has 2 aromatic rings. The predicted octanol–water partition coefficient (Wildman–Crippen LogP) is -0.258. The molecule has 2 aromatic heterocycles. The van der Waals surface area contributed by atoms with E-state index in [1.165, 1.54) is 0 Å². The first-order valence-corrected chi connectivity index (χ1v) is 12.7. The lowest BCUT2D eigenvalue weighted by Gasteiger charge is -2.30. The summed E-state index contributed by atoms with van der Waals surface area (Å²) in [6, 6.07) is 0.628. The van der Waals surface area contributed by atoms with Crippen molar-refractivity contribution in [1.82, 2.24) is 29.9 Å². The van der Waals surface area contributed by atoms with Crippen molar-refractivity contribution < 1.29 is 13.3 Å². The van der Waals surface area contributed by atoms with Crippen molar-refractivity contribution in [3.8, 4) is 0 Å². The summed E-state index contributed by atoms with van der Waals surface area (Å²) in [5, 5.41) is 3.06. The maximum absolute atomic E-state index is 5.93. The number of nitrogens with zero attached hydrogens (tertiary/aromatic N) is 7. The predicted molar refractivity (Wildman–Crippen MR) is 128 cm³/mol. The number of hydrogen-bond donors (Lipinski definition) is 5. The first-order chi connectivity index (χ1) is 15.8. The molecule has 0 saturated carbocycles. The Morgan fingerprint density at radius 2 is 1.21 bits per heavy atom. The second-order valence-electron chi connectivity index (χ2n) is 6.73. The molecule has 0 aromatic carbocycles. The van der Waals surface area contributed by atoms with Gasteiger partial charge in [-0.25, -0.2) is 0 Å². The summed E-state index contributed by atoms with van der Waals surface area (Å²) < 4.78 is 17.8. The highest BCUT2D eigenvalue weighted by molar-refractivity contribution is 6.60. The van der Waals surface area contributed by atoms with Crippen LogP contribution in [0.5, 0.6) is 0 Å². The molecule has 184 valence electrons. The Morgan fingerprint density at radius 1 is 0.727 bits per heavy atom. The summed E-state index contributed by atoms with van der Waals surface area (Å²) in [4.78, 5) is 26.0. The summed E-state index contributed by atoms with van der Waals surface area (Å²) >= 11 is 0. The molecule has 33 heavy (non-hydrogen) atoms. The molecular weight excluding hydrogens is 448 g/mol. The highest BCUT2D eigenvalue weighted by atomic mass is 28.4. The second-order valence-corrected chi connectivity index (χ2v) is 9.46. The average Bonchev–Trinajstić information content (AvgIpc) is 2.72. The largest absolute Gasteiger partial charge is 0.500 e. The van der Waals surface area contributed by atoms with Gasteiger partial charge in [-0.2, -0.15) is 29.9 Å². The minimum Gasteiger partial charge on any atom is -0.374 e. The Labute approximate surface area is 194 Å². The van der Waals surface area contributed by atoms with Crippen LogP contribution in [0.25, 0.3) is 0 Å². The molecule has 0 atom stereocenters. The van der Waals surface area contributed by atoms with Crippen LogP contribution in [0.15, 0.2) is 0 Å². The third-order valence-corrected chi connectivity index (χ3v) is 7.43. The molecule has 0 unspecified atom stereocenters. The van der Waals surface area contributed by atoms with Gasteiger partial charge in [0.15, 0.2) is 0 Å². The van der Waals surface area contributed by atoms with Gasteiger partial charge in [-0.3, -0.25) is 0 Å². The number of nitrogens with two attached hydrogens (primary N) is 4. The molecule has 0 aliphatic heterocycles. The van der Waals surface area contributed by atoms with Crippen molar-refractivity contribution in [1.29, 1.82) is 0 Å². The van der Waals surface area contributed by atoms with E-state index in [4.69, 9.17) is 36.2 Å². The molecule has 16 heteroatoms. The topological polar surface area (TPSA) is 224 Å². The number of nitrogen functional groups attached to an aromatic ring is 4. The van der Waals surface area contributed by atoms with Gasteiger partial charge in [0.2, 0.25) is 35.7 Å². The first-order valence-electron chi connectivity index (χ1n) is 10.8. The Balaban J connectivity index is 2.10. The smallest absolute Gasteiger partial charge is 0.374 e. The lowest BCUT2D eigenvalue weighted by Crippen LogP contribution is -2.46. The van der Waals surface area contributed by atoms with E-state index >= 15 is 0 Å². The number of hydrogen-bond acceptors (Lipinski definition) is 15. The molecule has 2 rings (SSSR count). The van der Waals surface area contributed by atoms with Crippen molar-refractivity contribution >= 4 is 44.5 Å². The molecule has 0 bridgehead atoms. The maximum Gasteiger partial charge on any atom is 0.500 e. The molecule has 0 fully saturated rings.